The van der Waals surface area contributed by atoms with Crippen molar-refractivity contribution in [2.24, 2.45) is 0 Å². The maximum atomic E-state index is 12.4. The normalized spacial score (nSPS) is 8.89. The Morgan fingerprint density at radius 3 is 2.31 bits per heavy atom. The van der Waals surface area contributed by atoms with E-state index in [9.17, 15) is 4.79 Å². The third-order valence-electron chi connectivity index (χ3n) is 4.51. The molecule has 0 amide bonds. The van der Waals surface area contributed by atoms with Gasteiger partial charge in [0.15, 0.2) is 11.6 Å². The maximum absolute atomic E-state index is 12.4. The van der Waals surface area contributed by atoms with Crippen molar-refractivity contribution in [3.8, 4) is 82.8 Å². The van der Waals surface area contributed by atoms with Gasteiger partial charge in [0.05, 0.1) is 12.4 Å². The molecule has 0 atom stereocenters. The molecule has 0 radical (unpaired) electrons. The SMILES string of the molecule is C#CC#CC#CC#CC#COc1cnc(-c2ccc(OC(=O)c3ccc(CCCCC)o3)cc2)nc1.[HH].[HH].[HH].[HH].[HH].[HH].[HH].[HH].[HH].[HH]. The number of nitrogens with zero attached hydrogens (tertiary/aromatic N) is 2. The lowest BCUT2D eigenvalue weighted by Crippen LogP contribution is -2.07. The van der Waals surface area contributed by atoms with Crippen LogP contribution in [0, 0.1) is 59.9 Å². The van der Waals surface area contributed by atoms with Crippen molar-refractivity contribution < 1.29 is 33.0 Å². The van der Waals surface area contributed by atoms with E-state index in [1.807, 2.05) is 6.07 Å². The van der Waals surface area contributed by atoms with Gasteiger partial charge < -0.3 is 13.9 Å². The van der Waals surface area contributed by atoms with Crippen molar-refractivity contribution in [2.45, 2.75) is 32.6 Å². The number of benzene rings is 1. The lowest BCUT2D eigenvalue weighted by Gasteiger charge is -2.04. The van der Waals surface area contributed by atoms with Crippen LogP contribution in [0.2, 0.25) is 0 Å². The summed E-state index contributed by atoms with van der Waals surface area (Å²) in [5.41, 5.74) is 0.737. The summed E-state index contributed by atoms with van der Waals surface area (Å²) in [5, 5.41) is 0. The van der Waals surface area contributed by atoms with Gasteiger partial charge >= 0.3 is 5.97 Å². The Kier molecular flexibility index (Phi) is 9.85. The fraction of sp³-hybridized carbons (Fsp3) is 0.167. The van der Waals surface area contributed by atoms with Crippen LogP contribution in [0.15, 0.2) is 53.2 Å². The van der Waals surface area contributed by atoms with Crippen molar-refractivity contribution >= 4 is 5.97 Å². The molecule has 0 saturated carbocycles. The van der Waals surface area contributed by atoms with Crippen molar-refractivity contribution in [1.82, 2.24) is 9.97 Å². The topological polar surface area (TPSA) is 74.5 Å². The molecule has 6 nitrogen and oxygen atoms in total. The predicted octanol–water partition coefficient (Wildman–Crippen LogP) is 7.13. The average molecular weight is 493 g/mol. The Morgan fingerprint density at radius 2 is 1.61 bits per heavy atom. The number of aryl methyl sites for hydroxylation is 1. The highest BCUT2D eigenvalue weighted by atomic mass is 16.5. The highest BCUT2D eigenvalue weighted by molar-refractivity contribution is 5.88. The fourth-order valence-corrected chi connectivity index (χ4v) is 2.82. The zero-order valence-electron chi connectivity index (χ0n) is 19.6. The molecule has 1 aromatic carbocycles. The number of furan rings is 1. The van der Waals surface area contributed by atoms with Gasteiger partial charge in [0.2, 0.25) is 5.76 Å². The summed E-state index contributed by atoms with van der Waals surface area (Å²) in [6.45, 7) is 2.14. The Morgan fingerprint density at radius 1 is 0.917 bits per heavy atom. The summed E-state index contributed by atoms with van der Waals surface area (Å²) in [4.78, 5) is 20.9. The molecular weight excluding hydrogens is 452 g/mol. The second kappa shape index (κ2) is 14.0. The van der Waals surface area contributed by atoms with Crippen LogP contribution in [0.1, 0.15) is 56.8 Å². The molecule has 194 valence electrons. The minimum absolute atomic E-state index is 0. The van der Waals surface area contributed by atoms with Gasteiger partial charge in [0, 0.05) is 49.9 Å². The summed E-state index contributed by atoms with van der Waals surface area (Å²) < 4.78 is 16.2. The number of hydrogen-bond acceptors (Lipinski definition) is 6. The van der Waals surface area contributed by atoms with Crippen LogP contribution >= 0.6 is 0 Å². The van der Waals surface area contributed by atoms with Crippen LogP contribution in [0.25, 0.3) is 11.4 Å². The van der Waals surface area contributed by atoms with Gasteiger partial charge in [-0.1, -0.05) is 19.8 Å². The third-order valence-corrected chi connectivity index (χ3v) is 4.51. The van der Waals surface area contributed by atoms with E-state index in [2.05, 4.69) is 70.4 Å². The van der Waals surface area contributed by atoms with E-state index in [1.165, 1.54) is 12.4 Å². The number of ether oxygens (including phenoxy) is 2. The molecule has 0 unspecified atom stereocenters. The molecule has 0 bridgehead atoms. The molecule has 0 aliphatic heterocycles. The Balaban J connectivity index is -0.000000241. The Hall–Kier alpha value is -5.35. The van der Waals surface area contributed by atoms with E-state index < -0.39 is 5.97 Å². The van der Waals surface area contributed by atoms with Gasteiger partial charge in [0.1, 0.15) is 17.6 Å². The van der Waals surface area contributed by atoms with E-state index in [-0.39, 0.29) is 20.0 Å². The van der Waals surface area contributed by atoms with Crippen LogP contribution in [0.5, 0.6) is 11.5 Å². The highest BCUT2D eigenvalue weighted by Crippen LogP contribution is 2.21. The number of unbranched alkanes of at least 4 members (excludes halogenated alkanes) is 2. The molecule has 0 aliphatic rings. The predicted molar refractivity (Wildman–Crippen MR) is 156 cm³/mol. The van der Waals surface area contributed by atoms with Crippen LogP contribution < -0.4 is 9.47 Å². The number of carbonyl (C=O) groups is 1. The summed E-state index contributed by atoms with van der Waals surface area (Å²) >= 11 is 0. The summed E-state index contributed by atoms with van der Waals surface area (Å²) in [5.74, 6) is 21.0. The molecule has 3 rings (SSSR count). The molecule has 0 aliphatic carbocycles. The van der Waals surface area contributed by atoms with Gasteiger partial charge in [-0.25, -0.2) is 14.8 Å². The molecule has 0 saturated heterocycles. The van der Waals surface area contributed by atoms with Crippen molar-refractivity contribution in [1.29, 1.82) is 0 Å². The molecule has 0 spiro atoms. The monoisotopic (exact) mass is 492 g/mol. The standard InChI is InChI=1S/C30H20N2O4.10H2/c1-3-5-7-8-9-10-11-13-21-34-27-22-31-29(32-23-27)24-15-17-26(18-16-24)36-30(33)28-20-19-25(35-28)14-12-6-4-2;;;;;;;;;;/h1,15-20,22-23H,4,6,12,14H2,2H3;10*1H. The molecular formula is C30H40N2O4. The molecule has 2 aromatic heterocycles. The van der Waals surface area contributed by atoms with Gasteiger partial charge in [-0.15, -0.1) is 6.42 Å². The molecule has 6 heteroatoms. The minimum Gasteiger partial charge on any atom is -0.454 e. The first-order valence-corrected chi connectivity index (χ1v) is 11.1. The van der Waals surface area contributed by atoms with Crippen LogP contribution in [0.3, 0.4) is 0 Å². The van der Waals surface area contributed by atoms with Crippen molar-refractivity contribution in [3.05, 3.63) is 60.3 Å². The number of aromatic nitrogens is 2. The Labute approximate surface area is 225 Å². The van der Waals surface area contributed by atoms with E-state index in [0.29, 0.717) is 17.3 Å². The zero-order valence-corrected chi connectivity index (χ0v) is 19.6. The highest BCUT2D eigenvalue weighted by Gasteiger charge is 2.14. The van der Waals surface area contributed by atoms with Gasteiger partial charge in [-0.2, -0.15) is 0 Å². The van der Waals surface area contributed by atoms with Gasteiger partial charge in [-0.3, -0.25) is 0 Å². The summed E-state index contributed by atoms with van der Waals surface area (Å²) in [6, 6.07) is 10.3. The second-order valence-corrected chi connectivity index (χ2v) is 7.10. The molecule has 36 heavy (non-hydrogen) atoms. The minimum atomic E-state index is -0.544. The first-order valence-electron chi connectivity index (χ1n) is 11.1. The lowest BCUT2D eigenvalue weighted by atomic mass is 10.2. The number of terminal acetylenes is 1. The Bertz CT molecular complexity index is 1510. The number of carbonyl (C=O) groups excluding carboxylic acids is 1. The first-order chi connectivity index (χ1) is 17.7. The van der Waals surface area contributed by atoms with Crippen LogP contribution in [-0.4, -0.2) is 15.9 Å². The van der Waals surface area contributed by atoms with E-state index in [0.717, 1.165) is 37.0 Å². The van der Waals surface area contributed by atoms with Crippen molar-refractivity contribution in [3.63, 3.8) is 0 Å². The average Bonchev–Trinajstić information content (AvgIpc) is 3.38. The second-order valence-electron chi connectivity index (χ2n) is 7.10. The van der Waals surface area contributed by atoms with E-state index in [4.69, 9.17) is 20.3 Å². The first kappa shape index (κ1) is 25.3. The third kappa shape index (κ3) is 8.21. The lowest BCUT2D eigenvalue weighted by molar-refractivity contribution is 0.0699. The van der Waals surface area contributed by atoms with Gasteiger partial charge in [-0.05, 0) is 66.5 Å². The molecule has 2 heterocycles. The van der Waals surface area contributed by atoms with Crippen molar-refractivity contribution in [2.75, 3.05) is 0 Å². The summed E-state index contributed by atoms with van der Waals surface area (Å²) in [6.07, 6.45) is 14.4. The quantitative estimate of drug-likeness (QED) is 0.144. The smallest absolute Gasteiger partial charge is 0.379 e. The van der Waals surface area contributed by atoms with Crippen LogP contribution in [0.4, 0.5) is 0 Å². The molecule has 3 aromatic rings. The summed E-state index contributed by atoms with van der Waals surface area (Å²) in [7, 11) is 0. The number of hydrogen-bond donors (Lipinski definition) is 0. The largest absolute Gasteiger partial charge is 0.454 e. The molecule has 0 N–H and O–H groups in total. The maximum Gasteiger partial charge on any atom is 0.379 e. The number of rotatable bonds is 8. The van der Waals surface area contributed by atoms with Crippen LogP contribution in [-0.2, 0) is 6.42 Å². The fourth-order valence-electron chi connectivity index (χ4n) is 2.82. The van der Waals surface area contributed by atoms with Gasteiger partial charge in [0.25, 0.3) is 0 Å². The number of esters is 1. The zero-order chi connectivity index (χ0) is 25.4. The molecule has 0 fully saturated rings. The van der Waals surface area contributed by atoms with E-state index >= 15 is 0 Å². The van der Waals surface area contributed by atoms with E-state index in [1.54, 1.807) is 30.3 Å².